The molecule has 0 radical (unpaired) electrons. The van der Waals surface area contributed by atoms with E-state index in [0.717, 1.165) is 31.2 Å². The zero-order valence-corrected chi connectivity index (χ0v) is 16.8. The van der Waals surface area contributed by atoms with Crippen molar-refractivity contribution in [2.75, 3.05) is 0 Å². The third-order valence-corrected chi connectivity index (χ3v) is 4.79. The first-order chi connectivity index (χ1) is 12.7. The summed E-state index contributed by atoms with van der Waals surface area (Å²) in [5.74, 6) is 0.127. The maximum Gasteiger partial charge on any atom is 0.220 e. The smallest absolute Gasteiger partial charge is 0.220 e. The molecule has 1 amide bonds. The van der Waals surface area contributed by atoms with Crippen LogP contribution in [0.15, 0.2) is 30.3 Å². The van der Waals surface area contributed by atoms with Crippen LogP contribution in [0.25, 0.3) is 0 Å². The van der Waals surface area contributed by atoms with E-state index in [1.165, 1.54) is 38.5 Å². The van der Waals surface area contributed by atoms with Crippen LogP contribution in [0.1, 0.15) is 103 Å². The molecule has 1 atom stereocenters. The molecule has 146 valence electrons. The van der Waals surface area contributed by atoms with Crippen molar-refractivity contribution in [3.63, 3.8) is 0 Å². The van der Waals surface area contributed by atoms with Gasteiger partial charge in [0, 0.05) is 12.8 Å². The molecular weight excluding hydrogens is 322 g/mol. The zero-order chi connectivity index (χ0) is 19.0. The number of hydrogen-bond acceptors (Lipinski definition) is 2. The van der Waals surface area contributed by atoms with Gasteiger partial charge in [0.15, 0.2) is 5.78 Å². The molecule has 0 aliphatic rings. The molecule has 1 N–H and O–H groups in total. The van der Waals surface area contributed by atoms with Gasteiger partial charge in [-0.3, -0.25) is 9.59 Å². The molecule has 3 heteroatoms. The molecule has 1 rings (SSSR count). The fraction of sp³-hybridized carbons (Fsp3) is 0.652. The molecule has 0 saturated heterocycles. The second-order valence-corrected chi connectivity index (χ2v) is 7.21. The lowest BCUT2D eigenvalue weighted by atomic mass is 9.98. The number of amides is 1. The van der Waals surface area contributed by atoms with Gasteiger partial charge in [-0.1, -0.05) is 95.5 Å². The van der Waals surface area contributed by atoms with Gasteiger partial charge < -0.3 is 5.32 Å². The number of unbranched alkanes of at least 4 members (excludes halogenated alkanes) is 8. The summed E-state index contributed by atoms with van der Waals surface area (Å²) in [7, 11) is 0. The van der Waals surface area contributed by atoms with Crippen LogP contribution in [-0.4, -0.2) is 11.7 Å². The average molecular weight is 360 g/mol. The van der Waals surface area contributed by atoms with Crippen molar-refractivity contribution < 1.29 is 9.59 Å². The fourth-order valence-electron chi connectivity index (χ4n) is 3.16. The number of rotatable bonds is 15. The van der Waals surface area contributed by atoms with Crippen molar-refractivity contribution in [1.29, 1.82) is 0 Å². The number of benzene rings is 1. The lowest BCUT2D eigenvalue weighted by Crippen LogP contribution is -2.33. The van der Waals surface area contributed by atoms with E-state index in [1.807, 2.05) is 30.3 Å². The molecule has 0 saturated carbocycles. The summed E-state index contributed by atoms with van der Waals surface area (Å²) in [6, 6.07) is 9.15. The highest BCUT2D eigenvalue weighted by molar-refractivity contribution is 5.90. The highest BCUT2D eigenvalue weighted by atomic mass is 16.2. The van der Waals surface area contributed by atoms with Crippen molar-refractivity contribution in [3.05, 3.63) is 35.9 Å². The Morgan fingerprint density at radius 2 is 1.31 bits per heavy atom. The van der Waals surface area contributed by atoms with Gasteiger partial charge in [0.2, 0.25) is 5.91 Å². The van der Waals surface area contributed by atoms with Crippen LogP contribution in [0.3, 0.4) is 0 Å². The maximum absolute atomic E-state index is 12.7. The minimum Gasteiger partial charge on any atom is -0.342 e. The first-order valence-electron chi connectivity index (χ1n) is 10.6. The van der Waals surface area contributed by atoms with Gasteiger partial charge in [0.05, 0.1) is 0 Å². The van der Waals surface area contributed by atoms with Crippen molar-refractivity contribution in [3.8, 4) is 0 Å². The van der Waals surface area contributed by atoms with E-state index in [-0.39, 0.29) is 11.7 Å². The molecule has 0 aliphatic heterocycles. The monoisotopic (exact) mass is 359 g/mol. The third kappa shape index (κ3) is 9.74. The first-order valence-corrected chi connectivity index (χ1v) is 10.6. The Labute approximate surface area is 160 Å². The molecular formula is C23H37NO2. The molecule has 0 bridgehead atoms. The first kappa shape index (κ1) is 22.4. The quantitative estimate of drug-likeness (QED) is 0.383. The Morgan fingerprint density at radius 3 is 1.88 bits per heavy atom. The second kappa shape index (κ2) is 14.5. The largest absolute Gasteiger partial charge is 0.342 e. The third-order valence-electron chi connectivity index (χ3n) is 4.79. The van der Waals surface area contributed by atoms with E-state index in [4.69, 9.17) is 0 Å². The van der Waals surface area contributed by atoms with Crippen LogP contribution in [0.4, 0.5) is 0 Å². The SMILES string of the molecule is CCCCCCCC(=O)N[C@@H](C(=O)CCCCCCC)c1ccccc1. The van der Waals surface area contributed by atoms with Crippen LogP contribution >= 0.6 is 0 Å². The zero-order valence-electron chi connectivity index (χ0n) is 16.8. The summed E-state index contributed by atoms with van der Waals surface area (Å²) >= 11 is 0. The average Bonchev–Trinajstić information content (AvgIpc) is 2.66. The van der Waals surface area contributed by atoms with Crippen LogP contribution in [-0.2, 0) is 9.59 Å². The fourth-order valence-corrected chi connectivity index (χ4v) is 3.16. The lowest BCUT2D eigenvalue weighted by Gasteiger charge is -2.18. The summed E-state index contributed by atoms with van der Waals surface area (Å²) in [5, 5.41) is 2.99. The number of Topliss-reactive ketones (excluding diaryl/α,β-unsaturated/α-hetero) is 1. The molecule has 0 fully saturated rings. The van der Waals surface area contributed by atoms with Crippen LogP contribution in [0.2, 0.25) is 0 Å². The van der Waals surface area contributed by atoms with Crippen molar-refractivity contribution in [1.82, 2.24) is 5.32 Å². The van der Waals surface area contributed by atoms with Crippen LogP contribution < -0.4 is 5.32 Å². The highest BCUT2D eigenvalue weighted by Crippen LogP contribution is 2.18. The van der Waals surface area contributed by atoms with E-state index in [0.29, 0.717) is 12.8 Å². The molecule has 26 heavy (non-hydrogen) atoms. The molecule has 0 spiro atoms. The van der Waals surface area contributed by atoms with Crippen molar-refractivity contribution in [2.24, 2.45) is 0 Å². The Hall–Kier alpha value is -1.64. The molecule has 3 nitrogen and oxygen atoms in total. The van der Waals surface area contributed by atoms with E-state index >= 15 is 0 Å². The Morgan fingerprint density at radius 1 is 0.769 bits per heavy atom. The predicted octanol–water partition coefficient (Wildman–Crippen LogP) is 6.13. The van der Waals surface area contributed by atoms with Gasteiger partial charge >= 0.3 is 0 Å². The Balaban J connectivity index is 2.51. The Bertz CT molecular complexity index is 498. The van der Waals surface area contributed by atoms with Gasteiger partial charge in [0.25, 0.3) is 0 Å². The van der Waals surface area contributed by atoms with Crippen LogP contribution in [0.5, 0.6) is 0 Å². The molecule has 0 aromatic heterocycles. The molecule has 1 aromatic rings. The van der Waals surface area contributed by atoms with E-state index in [9.17, 15) is 9.59 Å². The molecule has 0 aliphatic carbocycles. The number of carbonyl (C=O) groups excluding carboxylic acids is 2. The van der Waals surface area contributed by atoms with Gasteiger partial charge in [-0.25, -0.2) is 0 Å². The number of carbonyl (C=O) groups is 2. The molecule has 1 aromatic carbocycles. The van der Waals surface area contributed by atoms with Gasteiger partial charge in [0.1, 0.15) is 6.04 Å². The summed E-state index contributed by atoms with van der Waals surface area (Å²) in [6.07, 6.45) is 12.3. The van der Waals surface area contributed by atoms with E-state index < -0.39 is 6.04 Å². The van der Waals surface area contributed by atoms with Crippen molar-refractivity contribution >= 4 is 11.7 Å². The summed E-state index contributed by atoms with van der Waals surface area (Å²) in [4.78, 5) is 25.0. The van der Waals surface area contributed by atoms with Gasteiger partial charge in [-0.15, -0.1) is 0 Å². The standard InChI is InChI=1S/C23H37NO2/c1-3-5-7-9-14-18-21(25)23(20-16-12-11-13-17-20)24-22(26)19-15-10-8-6-4-2/h11-13,16-17,23H,3-10,14-15,18-19H2,1-2H3,(H,24,26)/t23-/m1/s1. The van der Waals surface area contributed by atoms with Gasteiger partial charge in [-0.2, -0.15) is 0 Å². The number of nitrogens with one attached hydrogen (secondary N) is 1. The second-order valence-electron chi connectivity index (χ2n) is 7.21. The summed E-state index contributed by atoms with van der Waals surface area (Å²) in [5.41, 5.74) is 0.894. The summed E-state index contributed by atoms with van der Waals surface area (Å²) < 4.78 is 0. The minimum atomic E-state index is -0.495. The van der Waals surface area contributed by atoms with Gasteiger partial charge in [-0.05, 0) is 18.4 Å². The highest BCUT2D eigenvalue weighted by Gasteiger charge is 2.21. The Kier molecular flexibility index (Phi) is 12.5. The summed E-state index contributed by atoms with van der Waals surface area (Å²) in [6.45, 7) is 4.37. The lowest BCUT2D eigenvalue weighted by molar-refractivity contribution is -0.128. The topological polar surface area (TPSA) is 46.2 Å². The normalized spacial score (nSPS) is 11.9. The number of ketones is 1. The van der Waals surface area contributed by atoms with E-state index in [1.54, 1.807) is 0 Å². The van der Waals surface area contributed by atoms with Crippen LogP contribution in [0, 0.1) is 0 Å². The predicted molar refractivity (Wildman–Crippen MR) is 109 cm³/mol. The molecule has 0 unspecified atom stereocenters. The minimum absolute atomic E-state index is 0.00492. The maximum atomic E-state index is 12.7. The number of hydrogen-bond donors (Lipinski definition) is 1. The van der Waals surface area contributed by atoms with Crippen molar-refractivity contribution in [2.45, 2.75) is 96.9 Å². The van der Waals surface area contributed by atoms with E-state index in [2.05, 4.69) is 19.2 Å². The molecule has 0 heterocycles.